The maximum absolute atomic E-state index is 5.84. The Hall–Kier alpha value is -1.77. The van der Waals surface area contributed by atoms with Crippen molar-refractivity contribution in [1.29, 1.82) is 0 Å². The van der Waals surface area contributed by atoms with Crippen molar-refractivity contribution >= 4 is 29.9 Å². The van der Waals surface area contributed by atoms with Gasteiger partial charge in [-0.15, -0.1) is 24.0 Å². The number of aromatic nitrogens is 2. The number of rotatable bonds is 7. The van der Waals surface area contributed by atoms with Gasteiger partial charge in [0, 0.05) is 26.8 Å². The van der Waals surface area contributed by atoms with Gasteiger partial charge in [0.05, 0.1) is 19.3 Å². The summed E-state index contributed by atoms with van der Waals surface area (Å²) in [5.41, 5.74) is 2.32. The van der Waals surface area contributed by atoms with E-state index in [1.807, 2.05) is 49.2 Å². The summed E-state index contributed by atoms with van der Waals surface area (Å²) in [5, 5.41) is 7.62. The number of guanidine groups is 1. The van der Waals surface area contributed by atoms with E-state index in [4.69, 9.17) is 4.74 Å². The largest absolute Gasteiger partial charge is 0.491 e. The van der Waals surface area contributed by atoms with Gasteiger partial charge in [-0.05, 0) is 31.0 Å². The van der Waals surface area contributed by atoms with Gasteiger partial charge in [-0.3, -0.25) is 9.67 Å². The van der Waals surface area contributed by atoms with E-state index in [9.17, 15) is 0 Å². The van der Waals surface area contributed by atoms with Crippen LogP contribution in [0, 0.1) is 13.8 Å². The summed E-state index contributed by atoms with van der Waals surface area (Å²) in [5.74, 6) is 1.79. The maximum atomic E-state index is 5.84. The van der Waals surface area contributed by atoms with Crippen LogP contribution < -0.4 is 10.1 Å². The van der Waals surface area contributed by atoms with Crippen LogP contribution in [0.3, 0.4) is 0 Å². The number of aryl methyl sites for hydroxylation is 2. The van der Waals surface area contributed by atoms with E-state index in [1.165, 1.54) is 5.56 Å². The second kappa shape index (κ2) is 11.0. The number of benzene rings is 1. The van der Waals surface area contributed by atoms with E-state index in [2.05, 4.69) is 33.3 Å². The van der Waals surface area contributed by atoms with E-state index < -0.39 is 0 Å². The molecule has 0 saturated heterocycles. The van der Waals surface area contributed by atoms with Crippen LogP contribution >= 0.6 is 24.0 Å². The zero-order valence-corrected chi connectivity index (χ0v) is 17.7. The highest BCUT2D eigenvalue weighted by Crippen LogP contribution is 2.15. The minimum atomic E-state index is 0. The van der Waals surface area contributed by atoms with E-state index in [1.54, 1.807) is 7.05 Å². The van der Waals surface area contributed by atoms with Gasteiger partial charge >= 0.3 is 0 Å². The third kappa shape index (κ3) is 6.93. The molecule has 0 aliphatic heterocycles. The smallest absolute Gasteiger partial charge is 0.193 e. The average Bonchev–Trinajstić information content (AvgIpc) is 2.98. The Balaban J connectivity index is 0.00000312. The number of nitrogens with one attached hydrogen (secondary N) is 1. The molecule has 0 amide bonds. The predicted molar refractivity (Wildman–Crippen MR) is 113 cm³/mol. The zero-order chi connectivity index (χ0) is 17.4. The van der Waals surface area contributed by atoms with E-state index in [0.29, 0.717) is 6.61 Å². The summed E-state index contributed by atoms with van der Waals surface area (Å²) >= 11 is 0. The molecule has 0 atom stereocenters. The molecule has 0 radical (unpaired) electrons. The second-order valence-corrected chi connectivity index (χ2v) is 5.79. The van der Waals surface area contributed by atoms with Gasteiger partial charge in [-0.2, -0.15) is 5.10 Å². The predicted octanol–water partition coefficient (Wildman–Crippen LogP) is 2.70. The fourth-order valence-electron chi connectivity index (χ4n) is 2.37. The molecule has 0 spiro atoms. The summed E-state index contributed by atoms with van der Waals surface area (Å²) in [6.45, 7) is 7.04. The third-order valence-corrected chi connectivity index (χ3v) is 3.74. The Morgan fingerprint density at radius 3 is 2.72 bits per heavy atom. The molecule has 1 aromatic carbocycles. The van der Waals surface area contributed by atoms with Gasteiger partial charge in [0.2, 0.25) is 0 Å². The van der Waals surface area contributed by atoms with Crippen LogP contribution in [-0.2, 0) is 6.54 Å². The molecule has 0 saturated carbocycles. The fourth-order valence-corrected chi connectivity index (χ4v) is 2.37. The number of nitrogens with zero attached hydrogens (tertiary/aromatic N) is 4. The molecule has 2 rings (SSSR count). The summed E-state index contributed by atoms with van der Waals surface area (Å²) in [4.78, 5) is 6.38. The maximum Gasteiger partial charge on any atom is 0.193 e. The molecule has 6 nitrogen and oxygen atoms in total. The lowest BCUT2D eigenvalue weighted by atomic mass is 10.2. The van der Waals surface area contributed by atoms with Gasteiger partial charge < -0.3 is 15.0 Å². The van der Waals surface area contributed by atoms with Gasteiger partial charge in [0.15, 0.2) is 5.96 Å². The van der Waals surface area contributed by atoms with Gasteiger partial charge in [0.25, 0.3) is 0 Å². The highest BCUT2D eigenvalue weighted by molar-refractivity contribution is 14.0. The number of ether oxygens (including phenoxy) is 1. The molecular weight excluding hydrogens is 429 g/mol. The number of likely N-dealkylation sites (N-methyl/N-ethyl adjacent to an activating group) is 1. The summed E-state index contributed by atoms with van der Waals surface area (Å²) < 4.78 is 7.77. The van der Waals surface area contributed by atoms with Crippen molar-refractivity contribution in [2.24, 2.45) is 4.99 Å². The third-order valence-electron chi connectivity index (χ3n) is 3.74. The van der Waals surface area contributed by atoms with Crippen molar-refractivity contribution in [2.45, 2.75) is 20.4 Å². The molecule has 7 heteroatoms. The van der Waals surface area contributed by atoms with E-state index in [-0.39, 0.29) is 24.0 Å². The first-order valence-corrected chi connectivity index (χ1v) is 8.19. The average molecular weight is 457 g/mol. The summed E-state index contributed by atoms with van der Waals surface area (Å²) in [6.07, 6.45) is 3.90. The Labute approximate surface area is 167 Å². The van der Waals surface area contributed by atoms with Crippen molar-refractivity contribution in [2.75, 3.05) is 33.8 Å². The molecule has 138 valence electrons. The molecule has 0 fully saturated rings. The van der Waals surface area contributed by atoms with E-state index >= 15 is 0 Å². The fraction of sp³-hybridized carbons (Fsp3) is 0.444. The molecule has 2 aromatic rings. The zero-order valence-electron chi connectivity index (χ0n) is 15.4. The summed E-state index contributed by atoms with van der Waals surface area (Å²) in [6, 6.07) is 8.05. The molecule has 1 heterocycles. The topological polar surface area (TPSA) is 54.7 Å². The quantitative estimate of drug-likeness (QED) is 0.395. The molecule has 25 heavy (non-hydrogen) atoms. The number of halogens is 1. The minimum absolute atomic E-state index is 0. The van der Waals surface area contributed by atoms with E-state index in [0.717, 1.165) is 36.9 Å². The molecule has 0 unspecified atom stereocenters. The molecular formula is C18H28IN5O. The van der Waals surface area contributed by atoms with Crippen LogP contribution in [0.1, 0.15) is 11.1 Å². The van der Waals surface area contributed by atoms with Crippen molar-refractivity contribution in [3.05, 3.63) is 47.8 Å². The summed E-state index contributed by atoms with van der Waals surface area (Å²) in [7, 11) is 3.80. The Bertz CT molecular complexity index is 671. The van der Waals surface area contributed by atoms with Crippen LogP contribution in [0.25, 0.3) is 0 Å². The van der Waals surface area contributed by atoms with Gasteiger partial charge in [-0.25, -0.2) is 0 Å². The normalized spacial score (nSPS) is 11.0. The number of aliphatic imine (C=N–C) groups is 1. The molecule has 1 aromatic heterocycles. The SMILES string of the molecule is CN=C(NCCn1cc(C)cn1)N(C)CCOc1ccccc1C.I. The van der Waals surface area contributed by atoms with Crippen LogP contribution in [0.2, 0.25) is 0 Å². The van der Waals surface area contributed by atoms with Crippen LogP contribution in [0.4, 0.5) is 0 Å². The molecule has 0 bridgehead atoms. The first-order valence-electron chi connectivity index (χ1n) is 8.19. The lowest BCUT2D eigenvalue weighted by Gasteiger charge is -2.22. The number of para-hydroxylation sites is 1. The van der Waals surface area contributed by atoms with Gasteiger partial charge in [0.1, 0.15) is 12.4 Å². The number of hydrogen-bond acceptors (Lipinski definition) is 3. The number of hydrogen-bond donors (Lipinski definition) is 1. The lowest BCUT2D eigenvalue weighted by Crippen LogP contribution is -2.42. The minimum Gasteiger partial charge on any atom is -0.491 e. The lowest BCUT2D eigenvalue weighted by molar-refractivity contribution is 0.279. The van der Waals surface area contributed by atoms with Crippen molar-refractivity contribution in [3.8, 4) is 5.75 Å². The monoisotopic (exact) mass is 457 g/mol. The molecule has 0 aliphatic rings. The molecule has 1 N–H and O–H groups in total. The highest BCUT2D eigenvalue weighted by atomic mass is 127. The van der Waals surface area contributed by atoms with Crippen LogP contribution in [-0.4, -0.2) is 54.4 Å². The Morgan fingerprint density at radius 1 is 1.32 bits per heavy atom. The standard InChI is InChI=1S/C18H27N5O.HI/c1-15-13-21-23(14-15)10-9-20-18(19-3)22(4)11-12-24-17-8-6-5-7-16(17)2;/h5-8,13-14H,9-12H2,1-4H3,(H,19,20);1H. The van der Waals surface area contributed by atoms with Crippen molar-refractivity contribution in [1.82, 2.24) is 20.0 Å². The molecule has 0 aliphatic carbocycles. The van der Waals surface area contributed by atoms with Crippen molar-refractivity contribution in [3.63, 3.8) is 0 Å². The van der Waals surface area contributed by atoms with Crippen molar-refractivity contribution < 1.29 is 4.74 Å². The van der Waals surface area contributed by atoms with Gasteiger partial charge in [-0.1, -0.05) is 18.2 Å². The van der Waals surface area contributed by atoms with Crippen LogP contribution in [0.5, 0.6) is 5.75 Å². The second-order valence-electron chi connectivity index (χ2n) is 5.79. The first-order chi connectivity index (χ1) is 11.6. The Morgan fingerprint density at radius 2 is 2.08 bits per heavy atom. The highest BCUT2D eigenvalue weighted by Gasteiger charge is 2.06. The Kier molecular flexibility index (Phi) is 9.33. The van der Waals surface area contributed by atoms with Crippen LogP contribution in [0.15, 0.2) is 41.7 Å². The first kappa shape index (κ1) is 21.3.